The topological polar surface area (TPSA) is 105 Å². The standard InChI is InChI=1S/C13H19N3O5/c1-8-4-14-11(21-8)9(2)15-12(19)16-6-13(3,7-16)20-5-10(17)18/h4,9H,5-7H2,1-3H3,(H,15,19)(H,17,18). The van der Waals surface area contributed by atoms with Gasteiger partial charge in [-0.15, -0.1) is 0 Å². The van der Waals surface area contributed by atoms with Gasteiger partial charge in [0.25, 0.3) is 0 Å². The fourth-order valence-electron chi connectivity index (χ4n) is 2.14. The van der Waals surface area contributed by atoms with Crippen molar-refractivity contribution < 1.29 is 23.8 Å². The molecule has 1 atom stereocenters. The normalized spacial score (nSPS) is 18.0. The van der Waals surface area contributed by atoms with Crippen molar-refractivity contribution in [3.05, 3.63) is 17.8 Å². The molecule has 8 nitrogen and oxygen atoms in total. The number of nitrogens with one attached hydrogen (secondary N) is 1. The second-order valence-electron chi connectivity index (χ2n) is 5.47. The number of aryl methyl sites for hydroxylation is 1. The minimum absolute atomic E-state index is 0.255. The number of carboxylic acids is 1. The van der Waals surface area contributed by atoms with E-state index < -0.39 is 11.6 Å². The maximum Gasteiger partial charge on any atom is 0.329 e. The highest BCUT2D eigenvalue weighted by Crippen LogP contribution is 2.25. The van der Waals surface area contributed by atoms with Crippen molar-refractivity contribution in [1.29, 1.82) is 0 Å². The quantitative estimate of drug-likeness (QED) is 0.837. The highest BCUT2D eigenvalue weighted by molar-refractivity contribution is 5.76. The molecule has 1 fully saturated rings. The summed E-state index contributed by atoms with van der Waals surface area (Å²) in [5, 5.41) is 11.4. The Labute approximate surface area is 122 Å². The molecule has 1 aliphatic rings. The van der Waals surface area contributed by atoms with Gasteiger partial charge < -0.3 is 24.5 Å². The molecular weight excluding hydrogens is 278 g/mol. The van der Waals surface area contributed by atoms with E-state index in [4.69, 9.17) is 14.3 Å². The SMILES string of the molecule is Cc1cnc(C(C)NC(=O)N2CC(C)(OCC(=O)O)C2)o1. The average molecular weight is 297 g/mol. The first-order chi connectivity index (χ1) is 9.79. The molecule has 0 radical (unpaired) electrons. The number of amides is 2. The van der Waals surface area contributed by atoms with Crippen molar-refractivity contribution >= 4 is 12.0 Å². The minimum Gasteiger partial charge on any atom is -0.480 e. The second-order valence-corrected chi connectivity index (χ2v) is 5.47. The van der Waals surface area contributed by atoms with Gasteiger partial charge in [0.2, 0.25) is 5.89 Å². The van der Waals surface area contributed by atoms with Gasteiger partial charge in [-0.1, -0.05) is 0 Å². The number of nitrogens with zero attached hydrogens (tertiary/aromatic N) is 2. The van der Waals surface area contributed by atoms with Gasteiger partial charge in [-0.25, -0.2) is 14.6 Å². The number of likely N-dealkylation sites (tertiary alicyclic amines) is 1. The summed E-state index contributed by atoms with van der Waals surface area (Å²) in [5.41, 5.74) is -0.599. The van der Waals surface area contributed by atoms with Crippen LogP contribution in [0, 0.1) is 6.92 Å². The Kier molecular flexibility index (Phi) is 4.17. The first kappa shape index (κ1) is 15.3. The van der Waals surface area contributed by atoms with Crippen LogP contribution in [0.2, 0.25) is 0 Å². The number of carboxylic acid groups (broad SMARTS) is 1. The molecule has 1 unspecified atom stereocenters. The van der Waals surface area contributed by atoms with Gasteiger partial charge >= 0.3 is 12.0 Å². The Morgan fingerprint density at radius 1 is 1.62 bits per heavy atom. The van der Waals surface area contributed by atoms with Gasteiger partial charge in [-0.05, 0) is 20.8 Å². The summed E-state index contributed by atoms with van der Waals surface area (Å²) in [6, 6.07) is -0.590. The number of aliphatic carboxylic acids is 1. The molecule has 0 aromatic carbocycles. The number of aromatic nitrogens is 1. The second kappa shape index (κ2) is 5.72. The number of urea groups is 1. The fraction of sp³-hybridized carbons (Fsp3) is 0.615. The van der Waals surface area contributed by atoms with Crippen LogP contribution in [0.15, 0.2) is 10.6 Å². The third-order valence-corrected chi connectivity index (χ3v) is 3.23. The van der Waals surface area contributed by atoms with E-state index in [0.29, 0.717) is 24.7 Å². The molecule has 1 aromatic heterocycles. The van der Waals surface area contributed by atoms with Gasteiger partial charge in [0.05, 0.1) is 19.3 Å². The maximum absolute atomic E-state index is 12.0. The van der Waals surface area contributed by atoms with Crippen LogP contribution in [-0.4, -0.2) is 52.3 Å². The number of hydrogen-bond donors (Lipinski definition) is 2. The van der Waals surface area contributed by atoms with Crippen molar-refractivity contribution in [2.75, 3.05) is 19.7 Å². The lowest BCUT2D eigenvalue weighted by atomic mass is 9.97. The van der Waals surface area contributed by atoms with E-state index in [9.17, 15) is 9.59 Å². The fourth-order valence-corrected chi connectivity index (χ4v) is 2.14. The number of hydrogen-bond acceptors (Lipinski definition) is 5. The smallest absolute Gasteiger partial charge is 0.329 e. The molecule has 2 rings (SSSR count). The van der Waals surface area contributed by atoms with Crippen LogP contribution in [-0.2, 0) is 9.53 Å². The lowest BCUT2D eigenvalue weighted by molar-refractivity contribution is -0.159. The molecular formula is C13H19N3O5. The number of rotatable bonds is 5. The molecule has 2 N–H and O–H groups in total. The first-order valence-electron chi connectivity index (χ1n) is 6.62. The van der Waals surface area contributed by atoms with E-state index in [1.54, 1.807) is 31.9 Å². The van der Waals surface area contributed by atoms with Crippen LogP contribution < -0.4 is 5.32 Å². The summed E-state index contributed by atoms with van der Waals surface area (Å²) in [4.78, 5) is 28.1. The summed E-state index contributed by atoms with van der Waals surface area (Å²) >= 11 is 0. The van der Waals surface area contributed by atoms with E-state index in [1.807, 2.05) is 0 Å². The molecule has 0 saturated carbocycles. The molecule has 0 aliphatic carbocycles. The van der Waals surface area contributed by atoms with E-state index in [-0.39, 0.29) is 18.7 Å². The molecule has 0 spiro atoms. The Bertz CT molecular complexity index is 536. The Hall–Kier alpha value is -2.09. The van der Waals surface area contributed by atoms with Gasteiger partial charge in [-0.3, -0.25) is 0 Å². The third-order valence-electron chi connectivity index (χ3n) is 3.23. The number of ether oxygens (including phenoxy) is 1. The molecule has 1 aromatic rings. The minimum atomic E-state index is -1.02. The summed E-state index contributed by atoms with van der Waals surface area (Å²) in [6.45, 7) is 5.68. The zero-order chi connectivity index (χ0) is 15.6. The van der Waals surface area contributed by atoms with Gasteiger partial charge in [0.1, 0.15) is 24.0 Å². The summed E-state index contributed by atoms with van der Waals surface area (Å²) in [5.74, 6) is 0.114. The maximum atomic E-state index is 12.0. The van der Waals surface area contributed by atoms with Gasteiger partial charge in [-0.2, -0.15) is 0 Å². The predicted molar refractivity (Wildman–Crippen MR) is 71.8 cm³/mol. The van der Waals surface area contributed by atoms with Crippen LogP contribution in [0.1, 0.15) is 31.5 Å². The lowest BCUT2D eigenvalue weighted by Gasteiger charge is -2.47. The van der Waals surface area contributed by atoms with Crippen LogP contribution in [0.5, 0.6) is 0 Å². The van der Waals surface area contributed by atoms with E-state index in [0.717, 1.165) is 0 Å². The van der Waals surface area contributed by atoms with Crippen molar-refractivity contribution in [3.8, 4) is 0 Å². The van der Waals surface area contributed by atoms with E-state index in [1.165, 1.54) is 0 Å². The Morgan fingerprint density at radius 2 is 2.29 bits per heavy atom. The zero-order valence-corrected chi connectivity index (χ0v) is 12.3. The Morgan fingerprint density at radius 3 is 2.81 bits per heavy atom. The molecule has 1 aliphatic heterocycles. The van der Waals surface area contributed by atoms with Gasteiger partial charge in [0.15, 0.2) is 0 Å². The van der Waals surface area contributed by atoms with Crippen LogP contribution in [0.3, 0.4) is 0 Å². The number of oxazole rings is 1. The van der Waals surface area contributed by atoms with Crippen molar-refractivity contribution in [2.45, 2.75) is 32.4 Å². The predicted octanol–water partition coefficient (Wildman–Crippen LogP) is 0.929. The molecule has 1 saturated heterocycles. The van der Waals surface area contributed by atoms with E-state index >= 15 is 0 Å². The summed E-state index contributed by atoms with van der Waals surface area (Å²) in [6.07, 6.45) is 1.60. The van der Waals surface area contributed by atoms with Crippen molar-refractivity contribution in [1.82, 2.24) is 15.2 Å². The number of carbonyl (C=O) groups is 2. The zero-order valence-electron chi connectivity index (χ0n) is 12.3. The van der Waals surface area contributed by atoms with Crippen LogP contribution >= 0.6 is 0 Å². The highest BCUT2D eigenvalue weighted by atomic mass is 16.5. The monoisotopic (exact) mass is 297 g/mol. The lowest BCUT2D eigenvalue weighted by Crippen LogP contribution is -2.65. The van der Waals surface area contributed by atoms with Crippen molar-refractivity contribution in [2.24, 2.45) is 0 Å². The highest BCUT2D eigenvalue weighted by Gasteiger charge is 2.43. The Balaban J connectivity index is 1.79. The summed E-state index contributed by atoms with van der Waals surface area (Å²) < 4.78 is 10.6. The van der Waals surface area contributed by atoms with Gasteiger partial charge in [0, 0.05) is 0 Å². The van der Waals surface area contributed by atoms with E-state index in [2.05, 4.69) is 10.3 Å². The molecule has 0 bridgehead atoms. The molecule has 21 heavy (non-hydrogen) atoms. The molecule has 8 heteroatoms. The number of carbonyl (C=O) groups excluding carboxylic acids is 1. The summed E-state index contributed by atoms with van der Waals surface area (Å²) in [7, 11) is 0. The third kappa shape index (κ3) is 3.72. The van der Waals surface area contributed by atoms with Crippen molar-refractivity contribution in [3.63, 3.8) is 0 Å². The molecule has 2 heterocycles. The molecule has 2 amide bonds. The molecule has 116 valence electrons. The first-order valence-corrected chi connectivity index (χ1v) is 6.62. The van der Waals surface area contributed by atoms with Crippen LogP contribution in [0.4, 0.5) is 4.79 Å². The largest absolute Gasteiger partial charge is 0.480 e. The average Bonchev–Trinajstić information content (AvgIpc) is 2.79. The van der Waals surface area contributed by atoms with Crippen LogP contribution in [0.25, 0.3) is 0 Å².